The summed E-state index contributed by atoms with van der Waals surface area (Å²) in [6.45, 7) is 4.53. The molecule has 1 N–H and O–H groups in total. The first kappa shape index (κ1) is 15.7. The molecular weight excluding hydrogens is 268 g/mol. The smallest absolute Gasteiger partial charge is 0.122 e. The van der Waals surface area contributed by atoms with Crippen LogP contribution in [0.25, 0.3) is 0 Å². The third-order valence-electron chi connectivity index (χ3n) is 4.36. The van der Waals surface area contributed by atoms with Gasteiger partial charge in [-0.2, -0.15) is 11.8 Å². The van der Waals surface area contributed by atoms with Gasteiger partial charge >= 0.3 is 0 Å². The highest BCUT2D eigenvalue weighted by atomic mass is 32.2. The number of nitrogens with one attached hydrogen (secondary N) is 1. The van der Waals surface area contributed by atoms with E-state index < -0.39 is 0 Å². The predicted octanol–water partition coefficient (Wildman–Crippen LogP) is 2.26. The van der Waals surface area contributed by atoms with Crippen molar-refractivity contribution in [3.05, 3.63) is 29.8 Å². The number of rotatable bonds is 6. The van der Waals surface area contributed by atoms with Crippen molar-refractivity contribution in [2.24, 2.45) is 0 Å². The topological polar surface area (TPSA) is 24.5 Å². The van der Waals surface area contributed by atoms with Crippen molar-refractivity contribution in [2.45, 2.75) is 30.7 Å². The van der Waals surface area contributed by atoms with E-state index in [4.69, 9.17) is 4.74 Å². The standard InChI is InChI=1S/C16H26N2OS/c1-12(9-13-7-5-6-8-15(13)19-3)18(2)14-10-17-11-16(14)20-4/h5-8,12,14,16-17H,9-11H2,1-4H3. The molecule has 3 unspecified atom stereocenters. The van der Waals surface area contributed by atoms with E-state index >= 15 is 0 Å². The maximum Gasteiger partial charge on any atom is 0.122 e. The van der Waals surface area contributed by atoms with E-state index in [1.54, 1.807) is 7.11 Å². The molecule has 1 heterocycles. The molecule has 0 aliphatic carbocycles. The van der Waals surface area contributed by atoms with Gasteiger partial charge in [0.25, 0.3) is 0 Å². The van der Waals surface area contributed by atoms with Crippen molar-refractivity contribution in [3.8, 4) is 5.75 Å². The fraction of sp³-hybridized carbons (Fsp3) is 0.625. The Morgan fingerprint density at radius 1 is 1.40 bits per heavy atom. The molecule has 1 aromatic carbocycles. The van der Waals surface area contributed by atoms with Crippen LogP contribution in [0, 0.1) is 0 Å². The predicted molar refractivity (Wildman–Crippen MR) is 87.9 cm³/mol. The van der Waals surface area contributed by atoms with Crippen molar-refractivity contribution in [2.75, 3.05) is 33.5 Å². The number of thioether (sulfide) groups is 1. The molecule has 0 radical (unpaired) electrons. The Labute approximate surface area is 127 Å². The number of likely N-dealkylation sites (N-methyl/N-ethyl adjacent to an activating group) is 1. The van der Waals surface area contributed by atoms with Crippen LogP contribution in [0.15, 0.2) is 24.3 Å². The Morgan fingerprint density at radius 3 is 2.85 bits per heavy atom. The summed E-state index contributed by atoms with van der Waals surface area (Å²) in [6, 6.07) is 9.46. The number of hydrogen-bond acceptors (Lipinski definition) is 4. The molecule has 0 amide bonds. The Hall–Kier alpha value is -0.710. The number of methoxy groups -OCH3 is 1. The van der Waals surface area contributed by atoms with Crippen LogP contribution in [0.2, 0.25) is 0 Å². The van der Waals surface area contributed by atoms with Crippen LogP contribution in [0.4, 0.5) is 0 Å². The molecular formula is C16H26N2OS. The lowest BCUT2D eigenvalue weighted by atomic mass is 10.0. The second-order valence-corrected chi connectivity index (χ2v) is 6.61. The summed E-state index contributed by atoms with van der Waals surface area (Å²) in [5.41, 5.74) is 1.29. The van der Waals surface area contributed by atoms with E-state index in [2.05, 4.69) is 42.6 Å². The lowest BCUT2D eigenvalue weighted by Gasteiger charge is -2.33. The number of hydrogen-bond donors (Lipinski definition) is 1. The Morgan fingerprint density at radius 2 is 2.15 bits per heavy atom. The number of ether oxygens (including phenoxy) is 1. The summed E-state index contributed by atoms with van der Waals surface area (Å²) in [5, 5.41) is 4.20. The zero-order valence-electron chi connectivity index (χ0n) is 12.9. The average molecular weight is 294 g/mol. The molecule has 1 saturated heterocycles. The quantitative estimate of drug-likeness (QED) is 0.870. The van der Waals surface area contributed by atoms with Crippen LogP contribution >= 0.6 is 11.8 Å². The normalized spacial score (nSPS) is 24.1. The molecule has 1 aliphatic heterocycles. The zero-order chi connectivity index (χ0) is 14.5. The molecule has 1 aromatic rings. The third kappa shape index (κ3) is 3.48. The van der Waals surface area contributed by atoms with E-state index in [0.29, 0.717) is 17.3 Å². The second kappa shape index (κ2) is 7.34. The highest BCUT2D eigenvalue weighted by molar-refractivity contribution is 7.99. The Bertz CT molecular complexity index is 427. The third-order valence-corrected chi connectivity index (χ3v) is 5.44. The van der Waals surface area contributed by atoms with Crippen LogP contribution in [0.5, 0.6) is 5.75 Å². The van der Waals surface area contributed by atoms with Gasteiger partial charge in [0.15, 0.2) is 0 Å². The molecule has 20 heavy (non-hydrogen) atoms. The van der Waals surface area contributed by atoms with Crippen LogP contribution in [-0.4, -0.2) is 55.7 Å². The molecule has 0 saturated carbocycles. The van der Waals surface area contributed by atoms with Crippen LogP contribution in [-0.2, 0) is 6.42 Å². The van der Waals surface area contributed by atoms with Gasteiger partial charge in [0.05, 0.1) is 7.11 Å². The van der Waals surface area contributed by atoms with Gasteiger partial charge < -0.3 is 10.1 Å². The number of para-hydroxylation sites is 1. The molecule has 3 atom stereocenters. The zero-order valence-corrected chi connectivity index (χ0v) is 13.7. The summed E-state index contributed by atoms with van der Waals surface area (Å²) >= 11 is 1.97. The van der Waals surface area contributed by atoms with Crippen LogP contribution < -0.4 is 10.1 Å². The second-order valence-electron chi connectivity index (χ2n) is 5.53. The van der Waals surface area contributed by atoms with Crippen LogP contribution in [0.3, 0.4) is 0 Å². The summed E-state index contributed by atoms with van der Waals surface area (Å²) < 4.78 is 5.46. The minimum atomic E-state index is 0.505. The molecule has 0 bridgehead atoms. The minimum absolute atomic E-state index is 0.505. The van der Waals surface area contributed by atoms with E-state index in [1.807, 2.05) is 23.9 Å². The number of nitrogens with zero attached hydrogens (tertiary/aromatic N) is 1. The maximum atomic E-state index is 5.46. The molecule has 2 rings (SSSR count). The van der Waals surface area contributed by atoms with E-state index in [0.717, 1.165) is 25.3 Å². The van der Waals surface area contributed by atoms with Gasteiger partial charge in [-0.15, -0.1) is 0 Å². The van der Waals surface area contributed by atoms with Gasteiger partial charge in [-0.1, -0.05) is 18.2 Å². The Kier molecular flexibility index (Phi) is 5.75. The van der Waals surface area contributed by atoms with E-state index in [-0.39, 0.29) is 0 Å². The maximum absolute atomic E-state index is 5.46. The SMILES string of the molecule is COc1ccccc1CC(C)N(C)C1CNCC1SC. The van der Waals surface area contributed by atoms with Crippen molar-refractivity contribution in [1.29, 1.82) is 0 Å². The van der Waals surface area contributed by atoms with Crippen LogP contribution in [0.1, 0.15) is 12.5 Å². The average Bonchev–Trinajstić information content (AvgIpc) is 2.95. The highest BCUT2D eigenvalue weighted by Gasteiger charge is 2.31. The number of benzene rings is 1. The van der Waals surface area contributed by atoms with Gasteiger partial charge in [-0.05, 0) is 38.3 Å². The first-order valence-electron chi connectivity index (χ1n) is 7.24. The molecule has 112 valence electrons. The summed E-state index contributed by atoms with van der Waals surface area (Å²) in [5.74, 6) is 0.999. The van der Waals surface area contributed by atoms with Crippen molar-refractivity contribution >= 4 is 11.8 Å². The van der Waals surface area contributed by atoms with Crippen molar-refractivity contribution in [1.82, 2.24) is 10.2 Å². The molecule has 4 heteroatoms. The fourth-order valence-electron chi connectivity index (χ4n) is 2.95. The van der Waals surface area contributed by atoms with Crippen molar-refractivity contribution in [3.63, 3.8) is 0 Å². The minimum Gasteiger partial charge on any atom is -0.496 e. The summed E-state index contributed by atoms with van der Waals surface area (Å²) in [4.78, 5) is 2.52. The monoisotopic (exact) mass is 294 g/mol. The largest absolute Gasteiger partial charge is 0.496 e. The summed E-state index contributed by atoms with van der Waals surface area (Å²) in [6.07, 6.45) is 3.24. The van der Waals surface area contributed by atoms with Gasteiger partial charge in [0.2, 0.25) is 0 Å². The molecule has 1 aliphatic rings. The summed E-state index contributed by atoms with van der Waals surface area (Å²) in [7, 11) is 4.00. The van der Waals surface area contributed by atoms with Gasteiger partial charge in [-0.25, -0.2) is 0 Å². The molecule has 3 nitrogen and oxygen atoms in total. The molecule has 0 aromatic heterocycles. The van der Waals surface area contributed by atoms with Gasteiger partial charge in [-0.3, -0.25) is 4.90 Å². The lowest BCUT2D eigenvalue weighted by Crippen LogP contribution is -2.45. The Balaban J connectivity index is 2.02. The highest BCUT2D eigenvalue weighted by Crippen LogP contribution is 2.24. The van der Waals surface area contributed by atoms with Gasteiger partial charge in [0, 0.05) is 30.4 Å². The lowest BCUT2D eigenvalue weighted by molar-refractivity contribution is 0.196. The first-order valence-corrected chi connectivity index (χ1v) is 8.53. The van der Waals surface area contributed by atoms with Gasteiger partial charge in [0.1, 0.15) is 5.75 Å². The van der Waals surface area contributed by atoms with Crippen molar-refractivity contribution < 1.29 is 4.74 Å². The van der Waals surface area contributed by atoms with E-state index in [1.165, 1.54) is 5.56 Å². The first-order chi connectivity index (χ1) is 9.67. The molecule has 1 fully saturated rings. The van der Waals surface area contributed by atoms with E-state index in [9.17, 15) is 0 Å². The fourth-order valence-corrected chi connectivity index (χ4v) is 3.84. The molecule has 0 spiro atoms.